The fourth-order valence-electron chi connectivity index (χ4n) is 2.05. The average molecular weight is 220 g/mol. The van der Waals surface area contributed by atoms with Gasteiger partial charge in [-0.05, 0) is 13.8 Å². The Kier molecular flexibility index (Phi) is 3.92. The van der Waals surface area contributed by atoms with E-state index in [2.05, 4.69) is 17.1 Å². The second-order valence-electron chi connectivity index (χ2n) is 4.23. The first kappa shape index (κ1) is 11.9. The summed E-state index contributed by atoms with van der Waals surface area (Å²) in [5, 5.41) is 3.29. The van der Waals surface area contributed by atoms with E-state index in [1.54, 1.807) is 0 Å². The van der Waals surface area contributed by atoms with Crippen molar-refractivity contribution in [2.24, 2.45) is 0 Å². The molecule has 0 radical (unpaired) electrons. The van der Waals surface area contributed by atoms with E-state index in [1.165, 1.54) is 6.26 Å². The van der Waals surface area contributed by atoms with Gasteiger partial charge in [0, 0.05) is 38.0 Å². The standard InChI is InChI=1S/C9H20N2O2S/c1-8-6-10-4-5-11(8)9(2)7-14(3,12)13/h8-10H,4-7H2,1-3H3. The number of sulfone groups is 1. The van der Waals surface area contributed by atoms with Crippen LogP contribution in [0.25, 0.3) is 0 Å². The second kappa shape index (κ2) is 4.59. The van der Waals surface area contributed by atoms with Crippen LogP contribution in [0, 0.1) is 0 Å². The first-order valence-corrected chi connectivity index (χ1v) is 7.10. The van der Waals surface area contributed by atoms with Gasteiger partial charge in [0.25, 0.3) is 0 Å². The van der Waals surface area contributed by atoms with Gasteiger partial charge in [-0.2, -0.15) is 0 Å². The van der Waals surface area contributed by atoms with E-state index in [9.17, 15) is 8.42 Å². The Labute approximate surface area is 86.6 Å². The number of hydrogen-bond acceptors (Lipinski definition) is 4. The van der Waals surface area contributed by atoms with Gasteiger partial charge in [-0.15, -0.1) is 0 Å². The minimum Gasteiger partial charge on any atom is -0.314 e. The second-order valence-corrected chi connectivity index (χ2v) is 6.42. The molecule has 0 spiro atoms. The lowest BCUT2D eigenvalue weighted by molar-refractivity contribution is 0.136. The summed E-state index contributed by atoms with van der Waals surface area (Å²) in [4.78, 5) is 2.26. The van der Waals surface area contributed by atoms with Gasteiger partial charge in [0.05, 0.1) is 5.75 Å². The zero-order valence-corrected chi connectivity index (χ0v) is 9.97. The monoisotopic (exact) mass is 220 g/mol. The summed E-state index contributed by atoms with van der Waals surface area (Å²) in [7, 11) is -2.86. The minimum atomic E-state index is -2.86. The Bertz CT molecular complexity index is 277. The number of rotatable bonds is 3. The molecule has 0 saturated carbocycles. The molecular weight excluding hydrogens is 200 g/mol. The molecule has 1 heterocycles. The van der Waals surface area contributed by atoms with Crippen molar-refractivity contribution in [2.45, 2.75) is 25.9 Å². The Morgan fingerprint density at radius 3 is 2.71 bits per heavy atom. The van der Waals surface area contributed by atoms with E-state index < -0.39 is 9.84 Å². The van der Waals surface area contributed by atoms with Crippen molar-refractivity contribution in [3.8, 4) is 0 Å². The van der Waals surface area contributed by atoms with Gasteiger partial charge in [0.2, 0.25) is 0 Å². The highest BCUT2D eigenvalue weighted by Crippen LogP contribution is 2.09. The third-order valence-electron chi connectivity index (χ3n) is 2.66. The molecule has 1 N–H and O–H groups in total. The minimum absolute atomic E-state index is 0.127. The maximum Gasteiger partial charge on any atom is 0.148 e. The van der Waals surface area contributed by atoms with Gasteiger partial charge in [0.1, 0.15) is 9.84 Å². The Morgan fingerprint density at radius 2 is 2.21 bits per heavy atom. The van der Waals surface area contributed by atoms with Gasteiger partial charge < -0.3 is 5.32 Å². The van der Waals surface area contributed by atoms with Gasteiger partial charge in [-0.25, -0.2) is 8.42 Å². The predicted octanol–water partition coefficient (Wildman–Crippen LogP) is -0.287. The SMILES string of the molecule is CC1CNCCN1C(C)CS(C)(=O)=O. The summed E-state index contributed by atoms with van der Waals surface area (Å²) in [5.41, 5.74) is 0. The lowest BCUT2D eigenvalue weighted by Crippen LogP contribution is -2.54. The van der Waals surface area contributed by atoms with Crippen LogP contribution in [0.2, 0.25) is 0 Å². The molecular formula is C9H20N2O2S. The van der Waals surface area contributed by atoms with Gasteiger partial charge >= 0.3 is 0 Å². The molecule has 14 heavy (non-hydrogen) atoms. The molecule has 1 fully saturated rings. The summed E-state index contributed by atoms with van der Waals surface area (Å²) in [6, 6.07) is 0.558. The van der Waals surface area contributed by atoms with E-state index >= 15 is 0 Å². The number of nitrogens with zero attached hydrogens (tertiary/aromatic N) is 1. The fraction of sp³-hybridized carbons (Fsp3) is 1.00. The van der Waals surface area contributed by atoms with Crippen LogP contribution in [-0.4, -0.2) is 57.0 Å². The zero-order chi connectivity index (χ0) is 10.8. The lowest BCUT2D eigenvalue weighted by atomic mass is 10.2. The molecule has 84 valence electrons. The van der Waals surface area contributed by atoms with Gasteiger partial charge in [-0.3, -0.25) is 4.90 Å². The van der Waals surface area contributed by atoms with Crippen molar-refractivity contribution < 1.29 is 8.42 Å². The molecule has 1 aliphatic heterocycles. The molecule has 0 bridgehead atoms. The highest BCUT2D eigenvalue weighted by atomic mass is 32.2. The Hall–Kier alpha value is -0.130. The highest BCUT2D eigenvalue weighted by molar-refractivity contribution is 7.90. The molecule has 0 amide bonds. The topological polar surface area (TPSA) is 49.4 Å². The largest absolute Gasteiger partial charge is 0.314 e. The molecule has 1 aliphatic rings. The first-order valence-electron chi connectivity index (χ1n) is 5.04. The summed E-state index contributed by atoms with van der Waals surface area (Å²) in [5.74, 6) is 0.261. The molecule has 1 saturated heterocycles. The molecule has 2 unspecified atom stereocenters. The number of nitrogens with one attached hydrogen (secondary N) is 1. The molecule has 1 rings (SSSR count). The predicted molar refractivity (Wildman–Crippen MR) is 58.2 cm³/mol. The van der Waals surface area contributed by atoms with Crippen LogP contribution in [0.3, 0.4) is 0 Å². The maximum absolute atomic E-state index is 11.1. The van der Waals surface area contributed by atoms with Crippen LogP contribution in [-0.2, 0) is 9.84 Å². The van der Waals surface area contributed by atoms with Crippen LogP contribution in [0.4, 0.5) is 0 Å². The molecule has 0 aliphatic carbocycles. The zero-order valence-electron chi connectivity index (χ0n) is 9.16. The molecule has 2 atom stereocenters. The lowest BCUT2D eigenvalue weighted by Gasteiger charge is -2.38. The number of hydrogen-bond donors (Lipinski definition) is 1. The van der Waals surface area contributed by atoms with Crippen LogP contribution >= 0.6 is 0 Å². The van der Waals surface area contributed by atoms with E-state index in [1.807, 2.05) is 6.92 Å². The molecule has 0 aromatic heterocycles. The van der Waals surface area contributed by atoms with E-state index in [4.69, 9.17) is 0 Å². The Morgan fingerprint density at radius 1 is 1.57 bits per heavy atom. The van der Waals surface area contributed by atoms with Gasteiger partial charge in [-0.1, -0.05) is 0 Å². The van der Waals surface area contributed by atoms with Gasteiger partial charge in [0.15, 0.2) is 0 Å². The normalized spacial score (nSPS) is 27.5. The molecule has 0 aromatic rings. The number of piperazine rings is 1. The van der Waals surface area contributed by atoms with Crippen molar-refractivity contribution in [3.05, 3.63) is 0 Å². The van der Waals surface area contributed by atoms with Crippen LogP contribution < -0.4 is 5.32 Å². The van der Waals surface area contributed by atoms with Crippen LogP contribution in [0.5, 0.6) is 0 Å². The highest BCUT2D eigenvalue weighted by Gasteiger charge is 2.24. The van der Waals surface area contributed by atoms with Crippen LogP contribution in [0.1, 0.15) is 13.8 Å². The summed E-state index contributed by atoms with van der Waals surface area (Å²) < 4.78 is 22.3. The third kappa shape index (κ3) is 3.55. The van der Waals surface area contributed by atoms with E-state index in [0.29, 0.717) is 6.04 Å². The molecule has 4 nitrogen and oxygen atoms in total. The van der Waals surface area contributed by atoms with Crippen molar-refractivity contribution >= 4 is 9.84 Å². The summed E-state index contributed by atoms with van der Waals surface area (Å²) in [6.07, 6.45) is 1.30. The quantitative estimate of drug-likeness (QED) is 0.710. The average Bonchev–Trinajstić information content (AvgIpc) is 2.01. The van der Waals surface area contributed by atoms with Crippen molar-refractivity contribution in [1.82, 2.24) is 10.2 Å². The van der Waals surface area contributed by atoms with Crippen molar-refractivity contribution in [3.63, 3.8) is 0 Å². The first-order chi connectivity index (χ1) is 6.40. The third-order valence-corrected chi connectivity index (χ3v) is 3.75. The summed E-state index contributed by atoms with van der Waals surface area (Å²) in [6.45, 7) is 6.97. The smallest absolute Gasteiger partial charge is 0.148 e. The van der Waals surface area contributed by atoms with Crippen molar-refractivity contribution in [2.75, 3.05) is 31.6 Å². The maximum atomic E-state index is 11.1. The van der Waals surface area contributed by atoms with Crippen molar-refractivity contribution in [1.29, 1.82) is 0 Å². The van der Waals surface area contributed by atoms with E-state index in [0.717, 1.165) is 19.6 Å². The fourth-order valence-corrected chi connectivity index (χ4v) is 3.11. The van der Waals surface area contributed by atoms with Crippen LogP contribution in [0.15, 0.2) is 0 Å². The molecule has 5 heteroatoms. The molecule has 0 aromatic carbocycles. The Balaban J connectivity index is 2.54. The van der Waals surface area contributed by atoms with E-state index in [-0.39, 0.29) is 11.8 Å². The summed E-state index contributed by atoms with van der Waals surface area (Å²) >= 11 is 0.